The predicted molar refractivity (Wildman–Crippen MR) is 78.9 cm³/mol. The van der Waals surface area contributed by atoms with Gasteiger partial charge in [0, 0.05) is 12.6 Å². The SMILES string of the molecule is CN(CC1OCC(O)c2cccc(F)c21)C(=O)OC(C)(C)C. The van der Waals surface area contributed by atoms with Gasteiger partial charge in [-0.2, -0.15) is 0 Å². The Kier molecular flexibility index (Phi) is 4.72. The molecule has 2 unspecified atom stereocenters. The summed E-state index contributed by atoms with van der Waals surface area (Å²) >= 11 is 0. The van der Waals surface area contributed by atoms with Crippen molar-refractivity contribution in [1.82, 2.24) is 4.90 Å². The first kappa shape index (κ1) is 16.7. The molecule has 1 aliphatic heterocycles. The largest absolute Gasteiger partial charge is 0.444 e. The zero-order valence-electron chi connectivity index (χ0n) is 13.3. The maximum absolute atomic E-state index is 14.1. The smallest absolute Gasteiger partial charge is 0.410 e. The van der Waals surface area contributed by atoms with Gasteiger partial charge in [-0.3, -0.25) is 0 Å². The van der Waals surface area contributed by atoms with Crippen molar-refractivity contribution in [2.45, 2.75) is 38.6 Å². The van der Waals surface area contributed by atoms with E-state index < -0.39 is 29.7 Å². The van der Waals surface area contributed by atoms with Crippen molar-refractivity contribution in [3.63, 3.8) is 0 Å². The molecule has 2 rings (SSSR count). The number of rotatable bonds is 2. The summed E-state index contributed by atoms with van der Waals surface area (Å²) in [6.45, 7) is 5.56. The zero-order valence-corrected chi connectivity index (χ0v) is 13.3. The second-order valence-corrected chi connectivity index (χ2v) is 6.44. The summed E-state index contributed by atoms with van der Waals surface area (Å²) in [7, 11) is 1.57. The van der Waals surface area contributed by atoms with Crippen LogP contribution in [0.3, 0.4) is 0 Å². The molecule has 0 aromatic heterocycles. The summed E-state index contributed by atoms with van der Waals surface area (Å²) in [6.07, 6.45) is -1.98. The number of ether oxygens (including phenoxy) is 2. The monoisotopic (exact) mass is 311 g/mol. The third kappa shape index (κ3) is 3.75. The van der Waals surface area contributed by atoms with Crippen molar-refractivity contribution in [3.8, 4) is 0 Å². The normalized spacial score (nSPS) is 21.2. The minimum Gasteiger partial charge on any atom is -0.444 e. The first-order valence-corrected chi connectivity index (χ1v) is 7.21. The van der Waals surface area contributed by atoms with Crippen LogP contribution in [0.5, 0.6) is 0 Å². The molecule has 0 aliphatic carbocycles. The summed E-state index contributed by atoms with van der Waals surface area (Å²) in [5.41, 5.74) is 0.212. The standard InChI is InChI=1S/C16H22FNO4/c1-16(2,3)22-15(20)18(4)8-13-14-10(12(19)9-21-13)6-5-7-11(14)17/h5-7,12-13,19H,8-9H2,1-4H3. The highest BCUT2D eigenvalue weighted by Gasteiger charge is 2.31. The van der Waals surface area contributed by atoms with Gasteiger partial charge in [-0.25, -0.2) is 9.18 Å². The van der Waals surface area contributed by atoms with Gasteiger partial charge < -0.3 is 19.5 Å². The zero-order chi connectivity index (χ0) is 16.5. The van der Waals surface area contributed by atoms with Crippen molar-refractivity contribution in [1.29, 1.82) is 0 Å². The number of amides is 1. The third-order valence-electron chi connectivity index (χ3n) is 3.37. The molecular weight excluding hydrogens is 289 g/mol. The fourth-order valence-electron chi connectivity index (χ4n) is 2.37. The van der Waals surface area contributed by atoms with Gasteiger partial charge in [-0.15, -0.1) is 0 Å². The number of benzene rings is 1. The fraction of sp³-hybridized carbons (Fsp3) is 0.562. The summed E-state index contributed by atoms with van der Waals surface area (Å²) in [5, 5.41) is 9.90. The lowest BCUT2D eigenvalue weighted by atomic mass is 9.95. The van der Waals surface area contributed by atoms with Gasteiger partial charge in [-0.05, 0) is 32.4 Å². The molecule has 22 heavy (non-hydrogen) atoms. The van der Waals surface area contributed by atoms with Gasteiger partial charge in [-0.1, -0.05) is 12.1 Å². The molecule has 1 amide bonds. The molecule has 1 aliphatic rings. The fourth-order valence-corrected chi connectivity index (χ4v) is 2.37. The van der Waals surface area contributed by atoms with E-state index in [0.717, 1.165) is 0 Å². The molecule has 1 heterocycles. The first-order chi connectivity index (χ1) is 10.2. The Hall–Kier alpha value is -1.66. The highest BCUT2D eigenvalue weighted by molar-refractivity contribution is 5.67. The van der Waals surface area contributed by atoms with Crippen LogP contribution in [0.4, 0.5) is 9.18 Å². The Bertz CT molecular complexity index is 556. The lowest BCUT2D eigenvalue weighted by molar-refractivity contribution is -0.0458. The van der Waals surface area contributed by atoms with Crippen LogP contribution >= 0.6 is 0 Å². The van der Waals surface area contributed by atoms with Gasteiger partial charge in [0.2, 0.25) is 0 Å². The molecule has 0 radical (unpaired) electrons. The predicted octanol–water partition coefficient (Wildman–Crippen LogP) is 2.80. The van der Waals surface area contributed by atoms with E-state index in [2.05, 4.69) is 0 Å². The van der Waals surface area contributed by atoms with Crippen molar-refractivity contribution >= 4 is 6.09 Å². The molecule has 6 heteroatoms. The van der Waals surface area contributed by atoms with Gasteiger partial charge >= 0.3 is 6.09 Å². The van der Waals surface area contributed by atoms with Crippen LogP contribution in [0.2, 0.25) is 0 Å². The van der Waals surface area contributed by atoms with E-state index in [-0.39, 0.29) is 13.2 Å². The van der Waals surface area contributed by atoms with Crippen molar-refractivity contribution in [2.75, 3.05) is 20.2 Å². The summed E-state index contributed by atoms with van der Waals surface area (Å²) < 4.78 is 24.9. The Labute approximate surface area is 129 Å². The lowest BCUT2D eigenvalue weighted by Gasteiger charge is -2.33. The van der Waals surface area contributed by atoms with Crippen LogP contribution in [0, 0.1) is 5.82 Å². The minimum atomic E-state index is -0.853. The van der Waals surface area contributed by atoms with Crippen LogP contribution in [-0.4, -0.2) is 41.9 Å². The minimum absolute atomic E-state index is 0.0727. The Morgan fingerprint density at radius 2 is 2.18 bits per heavy atom. The number of likely N-dealkylation sites (N-methyl/N-ethyl adjacent to an activating group) is 1. The van der Waals surface area contributed by atoms with Crippen LogP contribution in [0.25, 0.3) is 0 Å². The number of halogens is 1. The number of aliphatic hydroxyl groups is 1. The number of fused-ring (bicyclic) bond motifs is 1. The Morgan fingerprint density at radius 3 is 2.82 bits per heavy atom. The molecule has 0 spiro atoms. The number of aliphatic hydroxyl groups excluding tert-OH is 1. The van der Waals surface area contributed by atoms with Gasteiger partial charge in [0.25, 0.3) is 0 Å². The van der Waals surface area contributed by atoms with Crippen molar-refractivity contribution in [3.05, 3.63) is 35.1 Å². The summed E-state index contributed by atoms with van der Waals surface area (Å²) in [4.78, 5) is 13.3. The molecule has 1 N–H and O–H groups in total. The number of nitrogens with zero attached hydrogens (tertiary/aromatic N) is 1. The van der Waals surface area contributed by atoms with Gasteiger partial charge in [0.15, 0.2) is 0 Å². The van der Waals surface area contributed by atoms with E-state index in [4.69, 9.17) is 9.47 Å². The quantitative estimate of drug-likeness (QED) is 0.912. The maximum Gasteiger partial charge on any atom is 0.410 e. The molecule has 1 aromatic carbocycles. The first-order valence-electron chi connectivity index (χ1n) is 7.21. The topological polar surface area (TPSA) is 59.0 Å². The molecule has 5 nitrogen and oxygen atoms in total. The Balaban J connectivity index is 2.15. The summed E-state index contributed by atoms with van der Waals surface area (Å²) in [6, 6.07) is 4.55. The van der Waals surface area contributed by atoms with Crippen molar-refractivity contribution < 1.29 is 23.8 Å². The van der Waals surface area contributed by atoms with E-state index in [1.54, 1.807) is 40.0 Å². The summed E-state index contributed by atoms with van der Waals surface area (Å²) in [5.74, 6) is -0.446. The number of carbonyl (C=O) groups is 1. The third-order valence-corrected chi connectivity index (χ3v) is 3.37. The van der Waals surface area contributed by atoms with Crippen LogP contribution in [-0.2, 0) is 9.47 Å². The van der Waals surface area contributed by atoms with E-state index in [1.807, 2.05) is 0 Å². The van der Waals surface area contributed by atoms with Gasteiger partial charge in [0.05, 0.1) is 13.2 Å². The van der Waals surface area contributed by atoms with E-state index in [0.29, 0.717) is 11.1 Å². The number of hydrogen-bond donors (Lipinski definition) is 1. The van der Waals surface area contributed by atoms with Crippen LogP contribution < -0.4 is 0 Å². The molecule has 0 fully saturated rings. The van der Waals surface area contributed by atoms with E-state index >= 15 is 0 Å². The van der Waals surface area contributed by atoms with E-state index in [1.165, 1.54) is 11.0 Å². The van der Waals surface area contributed by atoms with Crippen LogP contribution in [0.1, 0.15) is 44.1 Å². The molecule has 122 valence electrons. The number of carbonyl (C=O) groups excluding carboxylic acids is 1. The Morgan fingerprint density at radius 1 is 1.50 bits per heavy atom. The van der Waals surface area contributed by atoms with E-state index in [9.17, 15) is 14.3 Å². The second kappa shape index (κ2) is 6.22. The highest BCUT2D eigenvalue weighted by Crippen LogP contribution is 2.34. The second-order valence-electron chi connectivity index (χ2n) is 6.44. The van der Waals surface area contributed by atoms with Gasteiger partial charge in [0.1, 0.15) is 23.6 Å². The molecule has 1 aromatic rings. The molecular formula is C16H22FNO4. The molecule has 2 atom stereocenters. The lowest BCUT2D eigenvalue weighted by Crippen LogP contribution is -2.38. The molecule has 0 saturated carbocycles. The average molecular weight is 311 g/mol. The maximum atomic E-state index is 14.1. The molecule has 0 bridgehead atoms. The highest BCUT2D eigenvalue weighted by atomic mass is 19.1. The number of hydrogen-bond acceptors (Lipinski definition) is 4. The molecule has 0 saturated heterocycles. The van der Waals surface area contributed by atoms with Crippen molar-refractivity contribution in [2.24, 2.45) is 0 Å². The van der Waals surface area contributed by atoms with Crippen LogP contribution in [0.15, 0.2) is 18.2 Å². The average Bonchev–Trinajstić information content (AvgIpc) is 2.40.